The van der Waals surface area contributed by atoms with Crippen LogP contribution in [0.5, 0.6) is 0 Å². The minimum atomic E-state index is -0.230. The van der Waals surface area contributed by atoms with E-state index in [1.807, 2.05) is 41.0 Å². The van der Waals surface area contributed by atoms with E-state index in [9.17, 15) is 9.18 Å². The zero-order valence-corrected chi connectivity index (χ0v) is 20.5. The van der Waals surface area contributed by atoms with Gasteiger partial charge < -0.3 is 24.3 Å². The van der Waals surface area contributed by atoms with E-state index in [1.165, 1.54) is 23.1 Å². The lowest BCUT2D eigenvalue weighted by atomic mass is 9.89. The quantitative estimate of drug-likeness (QED) is 0.440. The fourth-order valence-corrected chi connectivity index (χ4v) is 5.63. The number of aromatic nitrogens is 3. The number of rotatable bonds is 6. The predicted octanol–water partition coefficient (Wildman–Crippen LogP) is 4.37. The third kappa shape index (κ3) is 4.26. The number of fused-ring (bicyclic) bond motifs is 1. The number of amides is 2. The molecular formula is C28H31FN6O. The molecule has 2 saturated heterocycles. The highest BCUT2D eigenvalue weighted by Crippen LogP contribution is 2.37. The van der Waals surface area contributed by atoms with Crippen LogP contribution < -0.4 is 5.32 Å². The Bertz CT molecular complexity index is 1380. The van der Waals surface area contributed by atoms with Gasteiger partial charge >= 0.3 is 6.03 Å². The molecule has 8 heteroatoms. The Morgan fingerprint density at radius 2 is 1.86 bits per heavy atom. The molecule has 36 heavy (non-hydrogen) atoms. The SMILES string of the molecule is Cn1ccnc1-c1ccc2c(c1)c(C1CCN(CCN3CCNC3=O)CC1)cn2-c1ccc(F)cc1. The van der Waals surface area contributed by atoms with Gasteiger partial charge in [0.2, 0.25) is 0 Å². The summed E-state index contributed by atoms with van der Waals surface area (Å²) in [4.78, 5) is 20.8. The predicted molar refractivity (Wildman–Crippen MR) is 139 cm³/mol. The van der Waals surface area contributed by atoms with Gasteiger partial charge in [-0.2, -0.15) is 0 Å². The number of carbonyl (C=O) groups excluding carboxylic acids is 1. The minimum absolute atomic E-state index is 0.0574. The lowest BCUT2D eigenvalue weighted by Gasteiger charge is -2.32. The highest BCUT2D eigenvalue weighted by atomic mass is 19.1. The van der Waals surface area contributed by atoms with E-state index in [0.717, 1.165) is 74.7 Å². The van der Waals surface area contributed by atoms with Gasteiger partial charge in [0.05, 0.1) is 5.52 Å². The van der Waals surface area contributed by atoms with Gasteiger partial charge in [0.25, 0.3) is 0 Å². The van der Waals surface area contributed by atoms with Crippen molar-refractivity contribution in [3.8, 4) is 17.1 Å². The van der Waals surface area contributed by atoms with Crippen LogP contribution in [0.4, 0.5) is 9.18 Å². The van der Waals surface area contributed by atoms with Crippen molar-refractivity contribution in [2.24, 2.45) is 7.05 Å². The first kappa shape index (κ1) is 22.8. The van der Waals surface area contributed by atoms with Crippen molar-refractivity contribution >= 4 is 16.9 Å². The number of halogens is 1. The Hall–Kier alpha value is -3.65. The molecule has 186 valence electrons. The van der Waals surface area contributed by atoms with E-state index in [2.05, 4.69) is 44.2 Å². The van der Waals surface area contributed by atoms with E-state index >= 15 is 0 Å². The maximum atomic E-state index is 13.6. The number of hydrogen-bond donors (Lipinski definition) is 1. The molecule has 0 bridgehead atoms. The Kier molecular flexibility index (Phi) is 5.97. The Labute approximate surface area is 210 Å². The molecule has 2 aromatic carbocycles. The van der Waals surface area contributed by atoms with Gasteiger partial charge in [-0.15, -0.1) is 0 Å². The largest absolute Gasteiger partial charge is 0.336 e. The molecule has 0 atom stereocenters. The van der Waals surface area contributed by atoms with Crippen LogP contribution in [0.1, 0.15) is 24.3 Å². The van der Waals surface area contributed by atoms with Crippen molar-refractivity contribution in [1.29, 1.82) is 0 Å². The molecule has 0 unspecified atom stereocenters. The number of nitrogens with one attached hydrogen (secondary N) is 1. The molecule has 2 aliphatic rings. The van der Waals surface area contributed by atoms with Gasteiger partial charge in [-0.1, -0.05) is 0 Å². The summed E-state index contributed by atoms with van der Waals surface area (Å²) in [5, 5.41) is 4.11. The van der Waals surface area contributed by atoms with Crippen LogP contribution in [0.15, 0.2) is 61.1 Å². The molecule has 2 aliphatic heterocycles. The Balaban J connectivity index is 1.28. The molecule has 2 amide bonds. The fraction of sp³-hybridized carbons (Fsp3) is 0.357. The van der Waals surface area contributed by atoms with Gasteiger partial charge in [0, 0.05) is 68.5 Å². The van der Waals surface area contributed by atoms with E-state index in [4.69, 9.17) is 0 Å². The van der Waals surface area contributed by atoms with Crippen LogP contribution in [-0.4, -0.2) is 69.2 Å². The number of piperidine rings is 1. The molecule has 0 spiro atoms. The molecule has 1 N–H and O–H groups in total. The third-order valence-electron chi connectivity index (χ3n) is 7.68. The maximum Gasteiger partial charge on any atom is 0.317 e. The number of likely N-dealkylation sites (tertiary alicyclic amines) is 1. The van der Waals surface area contributed by atoms with Crippen LogP contribution >= 0.6 is 0 Å². The van der Waals surface area contributed by atoms with Crippen LogP contribution in [0.3, 0.4) is 0 Å². The van der Waals surface area contributed by atoms with E-state index in [1.54, 1.807) is 0 Å². The summed E-state index contributed by atoms with van der Waals surface area (Å²) in [6, 6.07) is 13.3. The number of carbonyl (C=O) groups is 1. The van der Waals surface area contributed by atoms with Gasteiger partial charge in [0.15, 0.2) is 0 Å². The Morgan fingerprint density at radius 1 is 1.06 bits per heavy atom. The van der Waals surface area contributed by atoms with Gasteiger partial charge in [0.1, 0.15) is 11.6 Å². The lowest BCUT2D eigenvalue weighted by molar-refractivity contribution is 0.181. The molecule has 4 heterocycles. The van der Waals surface area contributed by atoms with Crippen molar-refractivity contribution in [3.63, 3.8) is 0 Å². The van der Waals surface area contributed by atoms with Crippen LogP contribution in [-0.2, 0) is 7.05 Å². The standard InChI is InChI=1S/C28H31FN6O/c1-32-14-10-30-27(32)21-2-7-26-24(18-21)25(19-35(26)23-5-3-22(29)4-6-23)20-8-12-33(13-9-20)16-17-34-15-11-31-28(34)36/h2-7,10,14,18-20H,8-9,11-13,15-17H2,1H3,(H,31,36). The molecule has 0 radical (unpaired) electrons. The second-order valence-electron chi connectivity index (χ2n) is 9.86. The second kappa shape index (κ2) is 9.43. The first-order chi connectivity index (χ1) is 17.6. The fourth-order valence-electron chi connectivity index (χ4n) is 5.63. The van der Waals surface area contributed by atoms with Crippen molar-refractivity contribution in [3.05, 3.63) is 72.4 Å². The van der Waals surface area contributed by atoms with Crippen molar-refractivity contribution < 1.29 is 9.18 Å². The molecule has 0 aliphatic carbocycles. The zero-order chi connectivity index (χ0) is 24.6. The average Bonchev–Trinajstić information content (AvgIpc) is 3.61. The van der Waals surface area contributed by atoms with E-state index in [0.29, 0.717) is 5.92 Å². The number of imidazole rings is 1. The lowest BCUT2D eigenvalue weighted by Crippen LogP contribution is -2.40. The third-order valence-corrected chi connectivity index (χ3v) is 7.68. The normalized spacial score (nSPS) is 17.3. The highest BCUT2D eigenvalue weighted by molar-refractivity contribution is 5.89. The second-order valence-corrected chi connectivity index (χ2v) is 9.86. The molecule has 0 saturated carbocycles. The van der Waals surface area contributed by atoms with Gasteiger partial charge in [-0.25, -0.2) is 14.2 Å². The first-order valence-electron chi connectivity index (χ1n) is 12.7. The highest BCUT2D eigenvalue weighted by Gasteiger charge is 2.26. The number of hydrogen-bond acceptors (Lipinski definition) is 3. The Morgan fingerprint density at radius 3 is 2.56 bits per heavy atom. The van der Waals surface area contributed by atoms with Crippen LogP contribution in [0.2, 0.25) is 0 Å². The summed E-state index contributed by atoms with van der Waals surface area (Å²) in [6.45, 7) is 5.29. The monoisotopic (exact) mass is 486 g/mol. The topological polar surface area (TPSA) is 58.3 Å². The molecule has 7 nitrogen and oxygen atoms in total. The summed E-state index contributed by atoms with van der Waals surface area (Å²) < 4.78 is 17.9. The minimum Gasteiger partial charge on any atom is -0.336 e. The zero-order valence-electron chi connectivity index (χ0n) is 20.5. The average molecular weight is 487 g/mol. The van der Waals surface area contributed by atoms with Crippen molar-refractivity contribution in [2.45, 2.75) is 18.8 Å². The summed E-state index contributed by atoms with van der Waals surface area (Å²) in [6.07, 6.45) is 8.18. The first-order valence-corrected chi connectivity index (χ1v) is 12.7. The summed E-state index contributed by atoms with van der Waals surface area (Å²) in [7, 11) is 2.01. The molecule has 4 aromatic rings. The van der Waals surface area contributed by atoms with E-state index in [-0.39, 0.29) is 11.8 Å². The van der Waals surface area contributed by atoms with E-state index < -0.39 is 0 Å². The van der Waals surface area contributed by atoms with Gasteiger partial charge in [-0.05, 0) is 79.9 Å². The number of urea groups is 1. The summed E-state index contributed by atoms with van der Waals surface area (Å²) >= 11 is 0. The summed E-state index contributed by atoms with van der Waals surface area (Å²) in [5.74, 6) is 1.15. The molecule has 2 aromatic heterocycles. The maximum absolute atomic E-state index is 13.6. The number of nitrogens with zero attached hydrogens (tertiary/aromatic N) is 5. The van der Waals surface area contributed by atoms with Crippen molar-refractivity contribution in [2.75, 3.05) is 39.3 Å². The van der Waals surface area contributed by atoms with Crippen LogP contribution in [0.25, 0.3) is 28.0 Å². The summed E-state index contributed by atoms with van der Waals surface area (Å²) in [5.41, 5.74) is 4.51. The van der Waals surface area contributed by atoms with Crippen molar-refractivity contribution in [1.82, 2.24) is 29.2 Å². The molecule has 2 fully saturated rings. The number of benzene rings is 2. The smallest absolute Gasteiger partial charge is 0.317 e. The van der Waals surface area contributed by atoms with Crippen LogP contribution in [0, 0.1) is 5.82 Å². The van der Waals surface area contributed by atoms with Gasteiger partial charge in [-0.3, -0.25) is 0 Å². The molecule has 6 rings (SSSR count). The number of aryl methyl sites for hydroxylation is 1. The molecular weight excluding hydrogens is 455 g/mol.